The largest absolute Gasteiger partial charge is 0.310 e. The monoisotopic (exact) mass is 424 g/mol. The van der Waals surface area contributed by atoms with Crippen LogP contribution in [-0.2, 0) is 16.1 Å². The van der Waals surface area contributed by atoms with E-state index in [1.807, 2.05) is 6.07 Å². The quantitative estimate of drug-likeness (QED) is 0.628. The number of carbonyl (C=O) groups is 4. The zero-order valence-electron chi connectivity index (χ0n) is 17.5. The van der Waals surface area contributed by atoms with Crippen molar-refractivity contribution < 1.29 is 19.2 Å². The Morgan fingerprint density at radius 3 is 2.61 bits per heavy atom. The molecule has 3 aliphatic heterocycles. The van der Waals surface area contributed by atoms with E-state index in [9.17, 15) is 19.2 Å². The van der Waals surface area contributed by atoms with Crippen LogP contribution in [0.15, 0.2) is 18.2 Å². The Balaban J connectivity index is 1.36. The minimum atomic E-state index is -0.935. The number of carbonyl (C=O) groups excluding carboxylic acids is 4. The van der Waals surface area contributed by atoms with Crippen molar-refractivity contribution in [2.24, 2.45) is 0 Å². The van der Waals surface area contributed by atoms with Gasteiger partial charge in [-0.3, -0.25) is 29.4 Å². The summed E-state index contributed by atoms with van der Waals surface area (Å²) >= 11 is 0. The molecule has 31 heavy (non-hydrogen) atoms. The van der Waals surface area contributed by atoms with E-state index < -0.39 is 23.8 Å². The molecule has 4 aliphatic rings. The zero-order chi connectivity index (χ0) is 21.6. The fourth-order valence-electron chi connectivity index (χ4n) is 5.84. The fourth-order valence-corrected chi connectivity index (χ4v) is 5.84. The first-order valence-electron chi connectivity index (χ1n) is 11.3. The minimum Gasteiger partial charge on any atom is -0.310 e. The summed E-state index contributed by atoms with van der Waals surface area (Å²) in [7, 11) is 0. The van der Waals surface area contributed by atoms with Gasteiger partial charge in [-0.1, -0.05) is 31.4 Å². The molecule has 1 spiro atoms. The second-order valence-electron chi connectivity index (χ2n) is 9.15. The number of rotatable bonds is 4. The molecule has 1 aromatic carbocycles. The number of fused-ring (bicyclic) bond motifs is 1. The van der Waals surface area contributed by atoms with E-state index in [4.69, 9.17) is 0 Å². The maximum atomic E-state index is 13.2. The van der Waals surface area contributed by atoms with Gasteiger partial charge in [0.15, 0.2) is 0 Å². The number of piperidine rings is 1. The maximum Gasteiger partial charge on any atom is 0.262 e. The van der Waals surface area contributed by atoms with Crippen LogP contribution in [-0.4, -0.2) is 52.7 Å². The smallest absolute Gasteiger partial charge is 0.262 e. The first-order chi connectivity index (χ1) is 15.0. The van der Waals surface area contributed by atoms with Crippen molar-refractivity contribution >= 4 is 23.6 Å². The van der Waals surface area contributed by atoms with Crippen molar-refractivity contribution in [2.45, 2.75) is 75.5 Å². The van der Waals surface area contributed by atoms with Crippen molar-refractivity contribution in [1.82, 2.24) is 20.9 Å². The predicted molar refractivity (Wildman–Crippen MR) is 112 cm³/mol. The van der Waals surface area contributed by atoms with E-state index in [1.165, 1.54) is 19.3 Å². The summed E-state index contributed by atoms with van der Waals surface area (Å²) in [6.45, 7) is 1.49. The van der Waals surface area contributed by atoms with Crippen LogP contribution in [0.5, 0.6) is 0 Å². The average Bonchev–Trinajstić information content (AvgIpc) is 3.26. The summed E-state index contributed by atoms with van der Waals surface area (Å²) in [5.74, 6) is -1.85. The SMILES string of the molecule is O=C1CCC(N2C(=O)c3cccc(CNC4CCNC45CCCCC5)c3C2=O)C(=O)N1. The van der Waals surface area contributed by atoms with Gasteiger partial charge in [0.05, 0.1) is 11.1 Å². The van der Waals surface area contributed by atoms with Gasteiger partial charge in [-0.2, -0.15) is 0 Å². The average molecular weight is 425 g/mol. The second-order valence-corrected chi connectivity index (χ2v) is 9.15. The highest BCUT2D eigenvalue weighted by atomic mass is 16.2. The van der Waals surface area contributed by atoms with E-state index >= 15 is 0 Å². The fraction of sp³-hybridized carbons (Fsp3) is 0.565. The molecule has 8 nitrogen and oxygen atoms in total. The number of nitrogens with zero attached hydrogens (tertiary/aromatic N) is 1. The molecular formula is C23H28N4O4. The van der Waals surface area contributed by atoms with Gasteiger partial charge in [0, 0.05) is 24.5 Å². The Kier molecular flexibility index (Phi) is 5.14. The zero-order valence-corrected chi connectivity index (χ0v) is 17.5. The summed E-state index contributed by atoms with van der Waals surface area (Å²) in [6.07, 6.45) is 7.42. The maximum absolute atomic E-state index is 13.2. The van der Waals surface area contributed by atoms with Crippen LogP contribution >= 0.6 is 0 Å². The van der Waals surface area contributed by atoms with Crippen LogP contribution in [0.25, 0.3) is 0 Å². The summed E-state index contributed by atoms with van der Waals surface area (Å²) < 4.78 is 0. The molecule has 1 saturated carbocycles. The molecule has 5 rings (SSSR count). The van der Waals surface area contributed by atoms with Gasteiger partial charge in [-0.15, -0.1) is 0 Å². The number of benzene rings is 1. The van der Waals surface area contributed by atoms with Crippen molar-refractivity contribution in [3.8, 4) is 0 Å². The van der Waals surface area contributed by atoms with Gasteiger partial charge in [-0.05, 0) is 43.9 Å². The lowest BCUT2D eigenvalue weighted by Gasteiger charge is -2.39. The Bertz CT molecular complexity index is 953. The molecule has 3 N–H and O–H groups in total. The lowest BCUT2D eigenvalue weighted by atomic mass is 9.77. The van der Waals surface area contributed by atoms with Crippen molar-refractivity contribution in [3.63, 3.8) is 0 Å². The highest BCUT2D eigenvalue weighted by molar-refractivity contribution is 6.24. The van der Waals surface area contributed by atoms with Gasteiger partial charge in [0.1, 0.15) is 6.04 Å². The highest BCUT2D eigenvalue weighted by Gasteiger charge is 2.46. The lowest BCUT2D eigenvalue weighted by molar-refractivity contribution is -0.136. The lowest BCUT2D eigenvalue weighted by Crippen LogP contribution is -2.54. The molecular weight excluding hydrogens is 396 g/mol. The van der Waals surface area contributed by atoms with Gasteiger partial charge in [0.25, 0.3) is 11.8 Å². The van der Waals surface area contributed by atoms with Crippen molar-refractivity contribution in [2.75, 3.05) is 6.54 Å². The topological polar surface area (TPSA) is 108 Å². The summed E-state index contributed by atoms with van der Waals surface area (Å²) in [4.78, 5) is 51.0. The summed E-state index contributed by atoms with van der Waals surface area (Å²) in [5, 5.41) is 9.63. The number of nitrogens with one attached hydrogen (secondary N) is 3. The van der Waals surface area contributed by atoms with Crippen LogP contribution in [0.4, 0.5) is 0 Å². The number of imide groups is 2. The van der Waals surface area contributed by atoms with E-state index in [0.717, 1.165) is 36.3 Å². The number of amides is 4. The Morgan fingerprint density at radius 2 is 1.84 bits per heavy atom. The van der Waals surface area contributed by atoms with Crippen LogP contribution < -0.4 is 16.0 Å². The third kappa shape index (κ3) is 3.38. The van der Waals surface area contributed by atoms with Gasteiger partial charge in [-0.25, -0.2) is 0 Å². The van der Waals surface area contributed by atoms with Crippen molar-refractivity contribution in [1.29, 1.82) is 0 Å². The molecule has 1 aliphatic carbocycles. The van der Waals surface area contributed by atoms with Crippen LogP contribution in [0.1, 0.15) is 77.6 Å². The summed E-state index contributed by atoms with van der Waals surface area (Å²) in [5.41, 5.74) is 1.64. The van der Waals surface area contributed by atoms with E-state index in [2.05, 4.69) is 16.0 Å². The third-order valence-electron chi connectivity index (χ3n) is 7.42. The first-order valence-corrected chi connectivity index (χ1v) is 11.3. The third-order valence-corrected chi connectivity index (χ3v) is 7.42. The molecule has 2 saturated heterocycles. The molecule has 8 heteroatoms. The molecule has 0 aromatic heterocycles. The Hall–Kier alpha value is -2.58. The van der Waals surface area contributed by atoms with Crippen molar-refractivity contribution in [3.05, 3.63) is 34.9 Å². The standard InChI is InChI=1S/C23H28N4O4/c28-18-8-7-16(20(29)26-18)27-21(30)15-6-4-5-14(19(15)22(27)31)13-24-17-9-12-25-23(17)10-2-1-3-11-23/h4-6,16-17,24-25H,1-3,7-13H2,(H,26,28,29). The van der Waals surface area contributed by atoms with Crippen LogP contribution in [0, 0.1) is 0 Å². The molecule has 164 valence electrons. The molecule has 4 amide bonds. The molecule has 3 fully saturated rings. The molecule has 0 radical (unpaired) electrons. The van der Waals surface area contributed by atoms with E-state index in [1.54, 1.807) is 12.1 Å². The van der Waals surface area contributed by atoms with E-state index in [0.29, 0.717) is 23.7 Å². The molecule has 2 unspecified atom stereocenters. The molecule has 3 heterocycles. The normalized spacial score (nSPS) is 27.7. The predicted octanol–water partition coefficient (Wildman–Crippen LogP) is 1.24. The van der Waals surface area contributed by atoms with Gasteiger partial charge in [0.2, 0.25) is 11.8 Å². The van der Waals surface area contributed by atoms with E-state index in [-0.39, 0.29) is 24.3 Å². The number of hydrogen-bond donors (Lipinski definition) is 3. The second kappa shape index (κ2) is 7.84. The van der Waals surface area contributed by atoms with Gasteiger partial charge >= 0.3 is 0 Å². The summed E-state index contributed by atoms with van der Waals surface area (Å²) in [6, 6.07) is 4.71. The molecule has 2 atom stereocenters. The highest BCUT2D eigenvalue weighted by Crippen LogP contribution is 2.36. The van der Waals surface area contributed by atoms with Gasteiger partial charge < -0.3 is 10.6 Å². The number of hydrogen-bond acceptors (Lipinski definition) is 6. The molecule has 0 bridgehead atoms. The minimum absolute atomic E-state index is 0.120. The first kappa shape index (κ1) is 20.3. The Labute approximate surface area is 181 Å². The molecule has 1 aromatic rings. The Morgan fingerprint density at radius 1 is 1.03 bits per heavy atom. The van der Waals surface area contributed by atoms with Crippen LogP contribution in [0.3, 0.4) is 0 Å². The van der Waals surface area contributed by atoms with Crippen LogP contribution in [0.2, 0.25) is 0 Å².